The number of benzene rings is 1. The van der Waals surface area contributed by atoms with Crippen molar-refractivity contribution >= 4 is 23.6 Å². The van der Waals surface area contributed by atoms with E-state index in [1.807, 2.05) is 32.9 Å². The molecule has 6 nitrogen and oxygen atoms in total. The summed E-state index contributed by atoms with van der Waals surface area (Å²) < 4.78 is 10.6. The molecule has 2 amide bonds. The number of ether oxygens (including phenoxy) is 2. The number of aryl methyl sites for hydroxylation is 1. The Bertz CT molecular complexity index is 576. The van der Waals surface area contributed by atoms with Crippen LogP contribution in [0.2, 0.25) is 0 Å². The summed E-state index contributed by atoms with van der Waals surface area (Å²) in [7, 11) is 3.20. The van der Waals surface area contributed by atoms with Gasteiger partial charge < -0.3 is 20.1 Å². The van der Waals surface area contributed by atoms with Crippen molar-refractivity contribution < 1.29 is 19.1 Å². The maximum atomic E-state index is 11.8. The first-order valence-electron chi connectivity index (χ1n) is 7.72. The van der Waals surface area contributed by atoms with E-state index in [-0.39, 0.29) is 24.4 Å². The lowest BCUT2D eigenvalue weighted by atomic mass is 10.1. The highest BCUT2D eigenvalue weighted by Crippen LogP contribution is 2.31. The van der Waals surface area contributed by atoms with Gasteiger partial charge in [0.1, 0.15) is 0 Å². The summed E-state index contributed by atoms with van der Waals surface area (Å²) in [6, 6.07) is 3.91. The Morgan fingerprint density at radius 1 is 1.12 bits per heavy atom. The van der Waals surface area contributed by atoms with E-state index in [1.165, 1.54) is 11.8 Å². The lowest BCUT2D eigenvalue weighted by molar-refractivity contribution is -0.125. The minimum Gasteiger partial charge on any atom is -0.493 e. The summed E-state index contributed by atoms with van der Waals surface area (Å²) in [6.45, 7) is 5.75. The van der Waals surface area contributed by atoms with Crippen LogP contribution in [0.4, 0.5) is 0 Å². The molecule has 0 aliphatic heterocycles. The van der Waals surface area contributed by atoms with Gasteiger partial charge >= 0.3 is 0 Å². The minimum atomic E-state index is -0.181. The van der Waals surface area contributed by atoms with Gasteiger partial charge in [0.2, 0.25) is 11.8 Å². The molecule has 0 bridgehead atoms. The lowest BCUT2D eigenvalue weighted by Crippen LogP contribution is -2.40. The molecule has 1 aromatic rings. The second kappa shape index (κ2) is 10.1. The third-order valence-electron chi connectivity index (χ3n) is 3.23. The third kappa shape index (κ3) is 6.70. The first-order chi connectivity index (χ1) is 11.4. The smallest absolute Gasteiger partial charge is 0.239 e. The molecule has 0 aliphatic rings. The zero-order valence-electron chi connectivity index (χ0n) is 14.9. The fourth-order valence-electron chi connectivity index (χ4n) is 2.03. The molecule has 0 fully saturated rings. The molecule has 0 aromatic heterocycles. The highest BCUT2D eigenvalue weighted by Gasteiger charge is 2.10. The number of hydrogen-bond donors (Lipinski definition) is 2. The molecule has 0 atom stereocenters. The lowest BCUT2D eigenvalue weighted by Gasteiger charge is -2.13. The molecule has 134 valence electrons. The zero-order chi connectivity index (χ0) is 18.1. The quantitative estimate of drug-likeness (QED) is 0.708. The number of thioether (sulfide) groups is 1. The zero-order valence-corrected chi connectivity index (χ0v) is 15.7. The standard InChI is InChI=1S/C17H26N2O4S/c1-11(2)19-16(20)8-18-17(21)10-24-9-13-7-15(23-5)14(22-4)6-12(13)3/h6-7,11H,8-10H2,1-5H3,(H,18,21)(H,19,20). The summed E-state index contributed by atoms with van der Waals surface area (Å²) in [5.41, 5.74) is 2.17. The maximum absolute atomic E-state index is 11.8. The molecule has 2 N–H and O–H groups in total. The maximum Gasteiger partial charge on any atom is 0.239 e. The normalized spacial score (nSPS) is 10.4. The highest BCUT2D eigenvalue weighted by atomic mass is 32.2. The molecule has 0 spiro atoms. The van der Waals surface area contributed by atoms with Crippen LogP contribution in [0.1, 0.15) is 25.0 Å². The van der Waals surface area contributed by atoms with Crippen LogP contribution in [0.5, 0.6) is 11.5 Å². The highest BCUT2D eigenvalue weighted by molar-refractivity contribution is 7.99. The molecule has 1 rings (SSSR count). The number of methoxy groups -OCH3 is 2. The number of hydrogen-bond acceptors (Lipinski definition) is 5. The molecule has 7 heteroatoms. The van der Waals surface area contributed by atoms with Crippen LogP contribution < -0.4 is 20.1 Å². The van der Waals surface area contributed by atoms with Crippen LogP contribution in [0.25, 0.3) is 0 Å². The Hall–Kier alpha value is -1.89. The first kappa shape index (κ1) is 20.2. The van der Waals surface area contributed by atoms with E-state index in [2.05, 4.69) is 10.6 Å². The average molecular weight is 354 g/mol. The fourth-order valence-corrected chi connectivity index (χ4v) is 2.96. The molecule has 0 saturated carbocycles. The fraction of sp³-hybridized carbons (Fsp3) is 0.529. The van der Waals surface area contributed by atoms with E-state index in [1.54, 1.807) is 14.2 Å². The third-order valence-corrected chi connectivity index (χ3v) is 4.21. The summed E-state index contributed by atoms with van der Waals surface area (Å²) in [6.07, 6.45) is 0. The van der Waals surface area contributed by atoms with Crippen LogP contribution in [0.15, 0.2) is 12.1 Å². The van der Waals surface area contributed by atoms with Crippen molar-refractivity contribution in [2.75, 3.05) is 26.5 Å². The van der Waals surface area contributed by atoms with Gasteiger partial charge in [-0.15, -0.1) is 11.8 Å². The van der Waals surface area contributed by atoms with Gasteiger partial charge in [0.15, 0.2) is 11.5 Å². The van der Waals surface area contributed by atoms with Crippen LogP contribution in [0.3, 0.4) is 0 Å². The minimum absolute atomic E-state index is 0.00690. The second-order valence-corrected chi connectivity index (χ2v) is 6.61. The Balaban J connectivity index is 2.44. The number of carbonyl (C=O) groups is 2. The molecule has 1 aromatic carbocycles. The average Bonchev–Trinajstić information content (AvgIpc) is 2.53. The van der Waals surface area contributed by atoms with Gasteiger partial charge in [-0.25, -0.2) is 0 Å². The van der Waals surface area contributed by atoms with E-state index in [0.717, 1.165) is 11.1 Å². The Morgan fingerprint density at radius 2 is 1.75 bits per heavy atom. The Morgan fingerprint density at radius 3 is 2.33 bits per heavy atom. The van der Waals surface area contributed by atoms with Crippen molar-refractivity contribution in [3.8, 4) is 11.5 Å². The van der Waals surface area contributed by atoms with Gasteiger partial charge in [0, 0.05) is 11.8 Å². The number of rotatable bonds is 9. The summed E-state index contributed by atoms with van der Waals surface area (Å²) >= 11 is 1.49. The SMILES string of the molecule is COc1cc(C)c(CSCC(=O)NCC(=O)NC(C)C)cc1OC. The van der Waals surface area contributed by atoms with Crippen molar-refractivity contribution in [3.05, 3.63) is 23.3 Å². The first-order valence-corrected chi connectivity index (χ1v) is 8.88. The largest absolute Gasteiger partial charge is 0.493 e. The van der Waals surface area contributed by atoms with E-state index in [9.17, 15) is 9.59 Å². The molecular weight excluding hydrogens is 328 g/mol. The molecule has 0 radical (unpaired) electrons. The number of amides is 2. The van der Waals surface area contributed by atoms with Gasteiger partial charge in [-0.1, -0.05) is 0 Å². The molecular formula is C17H26N2O4S. The predicted octanol–water partition coefficient (Wildman–Crippen LogP) is 1.89. The van der Waals surface area contributed by atoms with Crippen molar-refractivity contribution in [1.29, 1.82) is 0 Å². The van der Waals surface area contributed by atoms with E-state index >= 15 is 0 Å². The Kier molecular flexibility index (Phi) is 8.46. The molecule has 0 unspecified atom stereocenters. The molecule has 0 saturated heterocycles. The summed E-state index contributed by atoms with van der Waals surface area (Å²) in [5, 5.41) is 5.34. The van der Waals surface area contributed by atoms with Crippen LogP contribution in [0, 0.1) is 6.92 Å². The summed E-state index contributed by atoms with van der Waals surface area (Å²) in [5.74, 6) is 2.00. The van der Waals surface area contributed by atoms with Gasteiger partial charge in [-0.3, -0.25) is 9.59 Å². The molecule has 0 aliphatic carbocycles. The van der Waals surface area contributed by atoms with E-state index < -0.39 is 0 Å². The van der Waals surface area contributed by atoms with Crippen LogP contribution in [-0.2, 0) is 15.3 Å². The van der Waals surface area contributed by atoms with Gasteiger partial charge in [0.05, 0.1) is 26.5 Å². The predicted molar refractivity (Wildman–Crippen MR) is 96.7 cm³/mol. The van der Waals surface area contributed by atoms with E-state index in [4.69, 9.17) is 9.47 Å². The van der Waals surface area contributed by atoms with Crippen molar-refractivity contribution in [3.63, 3.8) is 0 Å². The van der Waals surface area contributed by atoms with Crippen LogP contribution in [-0.4, -0.2) is 44.4 Å². The molecule has 0 heterocycles. The Labute approximate surface area is 147 Å². The van der Waals surface area contributed by atoms with Gasteiger partial charge in [0.25, 0.3) is 0 Å². The van der Waals surface area contributed by atoms with Gasteiger partial charge in [-0.05, 0) is 44.0 Å². The van der Waals surface area contributed by atoms with Crippen molar-refractivity contribution in [2.24, 2.45) is 0 Å². The number of nitrogens with one attached hydrogen (secondary N) is 2. The second-order valence-electron chi connectivity index (χ2n) is 5.63. The van der Waals surface area contributed by atoms with Gasteiger partial charge in [-0.2, -0.15) is 0 Å². The van der Waals surface area contributed by atoms with Crippen molar-refractivity contribution in [1.82, 2.24) is 10.6 Å². The summed E-state index contributed by atoms with van der Waals surface area (Å²) in [4.78, 5) is 23.2. The molecule has 24 heavy (non-hydrogen) atoms. The topological polar surface area (TPSA) is 76.7 Å². The number of carbonyl (C=O) groups excluding carboxylic acids is 2. The van der Waals surface area contributed by atoms with E-state index in [0.29, 0.717) is 23.0 Å². The van der Waals surface area contributed by atoms with Crippen LogP contribution >= 0.6 is 11.8 Å². The monoisotopic (exact) mass is 354 g/mol. The van der Waals surface area contributed by atoms with Crippen molar-refractivity contribution in [2.45, 2.75) is 32.6 Å².